The number of nitrogens with zero attached hydrogens (tertiary/aromatic N) is 5. The smallest absolute Gasteiger partial charge is 0.367 e. The number of nitriles is 1. The van der Waals surface area contributed by atoms with Gasteiger partial charge in [0, 0.05) is 18.0 Å². The van der Waals surface area contributed by atoms with Gasteiger partial charge in [0.2, 0.25) is 5.95 Å². The zero-order valence-electron chi connectivity index (χ0n) is 16.1. The highest BCUT2D eigenvalue weighted by atomic mass is 32.1. The number of anilines is 1. The van der Waals surface area contributed by atoms with Gasteiger partial charge in [-0.25, -0.2) is 9.78 Å². The molecule has 1 atom stereocenters. The zero-order valence-corrected chi connectivity index (χ0v) is 17.0. The van der Waals surface area contributed by atoms with Gasteiger partial charge in [-0.2, -0.15) is 23.4 Å². The second-order valence-electron chi connectivity index (χ2n) is 7.00. The van der Waals surface area contributed by atoms with E-state index in [0.717, 1.165) is 11.6 Å². The van der Waals surface area contributed by atoms with Gasteiger partial charge in [-0.05, 0) is 30.2 Å². The van der Waals surface area contributed by atoms with Crippen molar-refractivity contribution < 1.29 is 13.2 Å². The molecule has 0 spiro atoms. The Kier molecular flexibility index (Phi) is 5.65. The molecule has 1 unspecified atom stereocenters. The summed E-state index contributed by atoms with van der Waals surface area (Å²) in [5.74, 6) is 0.281. The first-order valence-electron chi connectivity index (χ1n) is 9.42. The molecule has 0 bridgehead atoms. The lowest BCUT2D eigenvalue weighted by molar-refractivity contribution is -0.134. The number of thiophene rings is 1. The molecular formula is C20H17F3N6OS. The Morgan fingerprint density at radius 3 is 2.84 bits per heavy atom. The molecule has 0 aromatic carbocycles. The fraction of sp³-hybridized carbons (Fsp3) is 0.300. The van der Waals surface area contributed by atoms with Crippen LogP contribution in [0.5, 0.6) is 0 Å². The number of hydrogen-bond acceptors (Lipinski definition) is 7. The van der Waals surface area contributed by atoms with E-state index in [0.29, 0.717) is 41.4 Å². The van der Waals surface area contributed by atoms with Crippen LogP contribution in [0.2, 0.25) is 0 Å². The number of hydrogen-bond donors (Lipinski definition) is 1. The second-order valence-corrected chi connectivity index (χ2v) is 8.17. The van der Waals surface area contributed by atoms with E-state index in [2.05, 4.69) is 21.4 Å². The van der Waals surface area contributed by atoms with E-state index in [1.165, 1.54) is 17.0 Å². The normalized spacial score (nSPS) is 18.8. The van der Waals surface area contributed by atoms with Crippen LogP contribution >= 0.6 is 11.3 Å². The van der Waals surface area contributed by atoms with Crippen LogP contribution in [0.25, 0.3) is 0 Å². The van der Waals surface area contributed by atoms with E-state index < -0.39 is 16.7 Å². The summed E-state index contributed by atoms with van der Waals surface area (Å²) in [5, 5.41) is 12.2. The maximum atomic E-state index is 12.7. The monoisotopic (exact) mass is 446 g/mol. The lowest BCUT2D eigenvalue weighted by atomic mass is 9.98. The lowest BCUT2D eigenvalue weighted by Gasteiger charge is -2.30. The number of dihydropyridines is 1. The van der Waals surface area contributed by atoms with Gasteiger partial charge in [-0.15, -0.1) is 11.3 Å². The van der Waals surface area contributed by atoms with Crippen LogP contribution in [0.4, 0.5) is 19.1 Å². The molecule has 0 fully saturated rings. The minimum absolute atomic E-state index is 0.0155. The summed E-state index contributed by atoms with van der Waals surface area (Å²) in [5.41, 5.74) is 1.08. The summed E-state index contributed by atoms with van der Waals surface area (Å²) in [6, 6.07) is 4.41. The Balaban J connectivity index is 1.42. The van der Waals surface area contributed by atoms with Crippen molar-refractivity contribution >= 4 is 17.3 Å². The van der Waals surface area contributed by atoms with E-state index in [4.69, 9.17) is 5.26 Å². The Labute approximate surface area is 179 Å². The number of alkyl halides is 3. The second kappa shape index (κ2) is 8.39. The fourth-order valence-corrected chi connectivity index (χ4v) is 4.23. The number of allylic oxidation sites excluding steroid dienone is 3. The van der Waals surface area contributed by atoms with Crippen molar-refractivity contribution in [2.45, 2.75) is 25.2 Å². The SMILES string of the molecule is N#CC1=CC=CC(C2=CCN(c3ncn(Cc4ccc(C(F)(F)F)s4)c(=O)n3)CC2)N1. The van der Waals surface area contributed by atoms with Crippen molar-refractivity contribution in [1.82, 2.24) is 19.9 Å². The molecule has 7 nitrogen and oxygen atoms in total. The van der Waals surface area contributed by atoms with E-state index in [-0.39, 0.29) is 18.5 Å². The molecule has 4 rings (SSSR count). The van der Waals surface area contributed by atoms with Crippen molar-refractivity contribution in [2.75, 3.05) is 18.0 Å². The average molecular weight is 446 g/mol. The summed E-state index contributed by atoms with van der Waals surface area (Å²) >= 11 is 0.597. The van der Waals surface area contributed by atoms with Gasteiger partial charge >= 0.3 is 11.9 Å². The van der Waals surface area contributed by atoms with Gasteiger partial charge < -0.3 is 10.2 Å². The molecule has 0 saturated heterocycles. The van der Waals surface area contributed by atoms with Crippen LogP contribution in [0.1, 0.15) is 16.2 Å². The van der Waals surface area contributed by atoms with Crippen molar-refractivity contribution in [1.29, 1.82) is 5.26 Å². The minimum Gasteiger partial charge on any atom is -0.367 e. The van der Waals surface area contributed by atoms with Gasteiger partial charge in [-0.3, -0.25) is 4.57 Å². The topological polar surface area (TPSA) is 86.8 Å². The van der Waals surface area contributed by atoms with E-state index >= 15 is 0 Å². The molecule has 0 amide bonds. The first-order valence-corrected chi connectivity index (χ1v) is 10.2. The largest absolute Gasteiger partial charge is 0.425 e. The molecule has 4 heterocycles. The van der Waals surface area contributed by atoms with Gasteiger partial charge in [0.25, 0.3) is 0 Å². The van der Waals surface area contributed by atoms with Gasteiger partial charge in [0.05, 0.1) is 12.6 Å². The highest BCUT2D eigenvalue weighted by Crippen LogP contribution is 2.34. The average Bonchev–Trinajstić information content (AvgIpc) is 3.25. The molecule has 2 aliphatic rings. The molecule has 2 aromatic rings. The third-order valence-electron chi connectivity index (χ3n) is 4.95. The van der Waals surface area contributed by atoms with Gasteiger partial charge in [0.1, 0.15) is 23.0 Å². The van der Waals surface area contributed by atoms with Crippen molar-refractivity contribution in [3.63, 3.8) is 0 Å². The molecule has 0 radical (unpaired) electrons. The molecule has 160 valence electrons. The predicted octanol–water partition coefficient (Wildman–Crippen LogP) is 2.84. The van der Waals surface area contributed by atoms with Crippen molar-refractivity contribution in [3.05, 3.63) is 74.3 Å². The van der Waals surface area contributed by atoms with Crippen LogP contribution < -0.4 is 15.9 Å². The number of halogens is 3. The summed E-state index contributed by atoms with van der Waals surface area (Å²) in [6.07, 6.45) is 5.19. The fourth-order valence-electron chi connectivity index (χ4n) is 3.35. The molecule has 31 heavy (non-hydrogen) atoms. The van der Waals surface area contributed by atoms with Crippen molar-refractivity contribution in [3.8, 4) is 6.07 Å². The number of aromatic nitrogens is 3. The summed E-state index contributed by atoms with van der Waals surface area (Å²) in [7, 11) is 0. The number of nitrogens with one attached hydrogen (secondary N) is 1. The van der Waals surface area contributed by atoms with E-state index in [1.807, 2.05) is 23.1 Å². The Bertz CT molecular complexity index is 1170. The third-order valence-corrected chi connectivity index (χ3v) is 6.06. The maximum absolute atomic E-state index is 12.7. The molecule has 0 aliphatic carbocycles. The van der Waals surface area contributed by atoms with Gasteiger partial charge in [0.15, 0.2) is 0 Å². The summed E-state index contributed by atoms with van der Waals surface area (Å²) < 4.78 is 39.4. The molecule has 11 heteroatoms. The molecule has 0 saturated carbocycles. The minimum atomic E-state index is -4.40. The Morgan fingerprint density at radius 2 is 2.19 bits per heavy atom. The van der Waals surface area contributed by atoms with E-state index in [9.17, 15) is 18.0 Å². The quantitative estimate of drug-likeness (QED) is 0.727. The Hall–Kier alpha value is -3.39. The third kappa shape index (κ3) is 4.69. The van der Waals surface area contributed by atoms with Crippen LogP contribution in [0, 0.1) is 11.3 Å². The first kappa shape index (κ1) is 20.9. The van der Waals surface area contributed by atoms with Crippen LogP contribution in [0.15, 0.2) is 58.8 Å². The van der Waals surface area contributed by atoms with Crippen molar-refractivity contribution in [2.24, 2.45) is 0 Å². The van der Waals surface area contributed by atoms with Crippen LogP contribution in [0.3, 0.4) is 0 Å². The highest BCUT2D eigenvalue weighted by Gasteiger charge is 2.32. The Morgan fingerprint density at radius 1 is 1.35 bits per heavy atom. The predicted molar refractivity (Wildman–Crippen MR) is 109 cm³/mol. The standard InChI is InChI=1S/C20H17F3N6OS/c21-20(22,23)17-5-4-15(31-17)11-29-12-25-18(27-19(29)30)28-8-6-13(7-9-28)16-3-1-2-14(10-24)26-16/h1-6,12,16,26H,7-9,11H2. The molecule has 1 N–H and O–H groups in total. The molecule has 2 aliphatic heterocycles. The van der Waals surface area contributed by atoms with E-state index in [1.54, 1.807) is 6.08 Å². The summed E-state index contributed by atoms with van der Waals surface area (Å²) in [4.78, 5) is 22.1. The van der Waals surface area contributed by atoms with Crippen LogP contribution in [-0.2, 0) is 12.7 Å². The summed E-state index contributed by atoms with van der Waals surface area (Å²) in [6.45, 7) is 1.10. The first-order chi connectivity index (χ1) is 14.8. The zero-order chi connectivity index (χ0) is 22.0. The lowest BCUT2D eigenvalue weighted by Crippen LogP contribution is -2.38. The number of rotatable bonds is 4. The maximum Gasteiger partial charge on any atom is 0.425 e. The highest BCUT2D eigenvalue weighted by molar-refractivity contribution is 7.12. The van der Waals surface area contributed by atoms with Gasteiger partial charge in [-0.1, -0.05) is 18.2 Å². The van der Waals surface area contributed by atoms with Crippen LogP contribution in [-0.4, -0.2) is 33.7 Å². The molecule has 2 aromatic heterocycles. The molecular weight excluding hydrogens is 429 g/mol.